The van der Waals surface area contributed by atoms with Gasteiger partial charge in [-0.15, -0.1) is 0 Å². The van der Waals surface area contributed by atoms with Gasteiger partial charge < -0.3 is 9.09 Å². The third-order valence-electron chi connectivity index (χ3n) is 4.85. The number of rotatable bonds is 7. The second-order valence-electron chi connectivity index (χ2n) is 7.28. The maximum absolute atomic E-state index is 14.1. The number of aromatic nitrogens is 2. The number of fused-ring (bicyclic) bond motifs is 1. The van der Waals surface area contributed by atoms with Gasteiger partial charge in [0, 0.05) is 34.8 Å². The van der Waals surface area contributed by atoms with Crippen molar-refractivity contribution in [3.8, 4) is 0 Å². The number of benzene rings is 2. The fourth-order valence-electron chi connectivity index (χ4n) is 3.47. The summed E-state index contributed by atoms with van der Waals surface area (Å²) >= 11 is 0. The molecule has 0 fully saturated rings. The minimum atomic E-state index is -3.97. The van der Waals surface area contributed by atoms with Crippen molar-refractivity contribution < 1.29 is 26.5 Å². The second-order valence-corrected chi connectivity index (χ2v) is 9.24. The molecular weight excluding hydrogens is 426 g/mol. The van der Waals surface area contributed by atoms with Crippen molar-refractivity contribution in [2.24, 2.45) is 0 Å². The number of nitrogens with zero attached hydrogens (tertiary/aromatic N) is 2. The van der Waals surface area contributed by atoms with Crippen LogP contribution < -0.4 is 0 Å². The minimum Gasteiger partial charge on any atom is -0.361 e. The number of halogens is 2. The van der Waals surface area contributed by atoms with E-state index in [1.807, 2.05) is 0 Å². The van der Waals surface area contributed by atoms with Gasteiger partial charge in [-0.1, -0.05) is 29.4 Å². The Balaban J connectivity index is 1.66. The van der Waals surface area contributed by atoms with Gasteiger partial charge in [0.25, 0.3) is 0 Å². The van der Waals surface area contributed by atoms with E-state index in [0.717, 1.165) is 12.1 Å². The Morgan fingerprint density at radius 1 is 1.13 bits per heavy atom. The van der Waals surface area contributed by atoms with Crippen LogP contribution in [0.1, 0.15) is 17.0 Å². The third kappa shape index (κ3) is 4.41. The first-order valence-corrected chi connectivity index (χ1v) is 11.1. The van der Waals surface area contributed by atoms with Crippen LogP contribution in [0.15, 0.2) is 64.1 Å². The average molecular weight is 444 g/mol. The summed E-state index contributed by atoms with van der Waals surface area (Å²) in [5.41, 5.74) is 1.14. The normalized spacial score (nSPS) is 11.8. The lowest BCUT2D eigenvalue weighted by molar-refractivity contribution is -0.116. The summed E-state index contributed by atoms with van der Waals surface area (Å²) in [7, 11) is -3.97. The molecule has 0 unspecified atom stereocenters. The molecule has 0 saturated heterocycles. The molecule has 9 heteroatoms. The highest BCUT2D eigenvalue weighted by molar-refractivity contribution is 7.92. The summed E-state index contributed by atoms with van der Waals surface area (Å²) in [6, 6.07) is 11.6. The number of hydrogen-bond donors (Lipinski definition) is 0. The standard InChI is InChI=1S/C22H18F2N2O4S/c1-14-8-17(25-30-14)10-18(27)13-31(28,29)22-12-26(21-5-3-2-4-19(21)22)11-15-6-7-16(23)9-20(15)24/h2-9,12H,10-11,13H2,1H3. The highest BCUT2D eigenvalue weighted by Crippen LogP contribution is 2.28. The molecule has 0 bridgehead atoms. The van der Waals surface area contributed by atoms with E-state index in [1.54, 1.807) is 41.8 Å². The number of sulfone groups is 1. The van der Waals surface area contributed by atoms with E-state index >= 15 is 0 Å². The Morgan fingerprint density at radius 2 is 1.90 bits per heavy atom. The molecule has 31 heavy (non-hydrogen) atoms. The SMILES string of the molecule is Cc1cc(CC(=O)CS(=O)(=O)c2cn(Cc3ccc(F)cc3F)c3ccccc23)no1. The summed E-state index contributed by atoms with van der Waals surface area (Å²) in [5, 5.41) is 4.14. The Kier molecular flexibility index (Phi) is 5.45. The van der Waals surface area contributed by atoms with Crippen molar-refractivity contribution in [2.45, 2.75) is 24.8 Å². The molecule has 0 saturated carbocycles. The molecule has 0 atom stereocenters. The molecule has 160 valence electrons. The summed E-state index contributed by atoms with van der Waals surface area (Å²) < 4.78 is 59.9. The molecule has 0 radical (unpaired) electrons. The number of hydrogen-bond acceptors (Lipinski definition) is 5. The van der Waals surface area contributed by atoms with E-state index < -0.39 is 33.0 Å². The number of carbonyl (C=O) groups is 1. The maximum Gasteiger partial charge on any atom is 0.187 e. The zero-order chi connectivity index (χ0) is 22.2. The predicted octanol–water partition coefficient (Wildman–Crippen LogP) is 3.85. The van der Waals surface area contributed by atoms with Gasteiger partial charge in [0.15, 0.2) is 15.6 Å². The van der Waals surface area contributed by atoms with Gasteiger partial charge in [-0.05, 0) is 19.1 Å². The molecule has 2 aromatic heterocycles. The molecule has 6 nitrogen and oxygen atoms in total. The van der Waals surface area contributed by atoms with Crippen molar-refractivity contribution in [3.63, 3.8) is 0 Å². The van der Waals surface area contributed by atoms with Crippen LogP contribution in [0.25, 0.3) is 10.9 Å². The van der Waals surface area contributed by atoms with E-state index in [0.29, 0.717) is 22.4 Å². The fourth-order valence-corrected chi connectivity index (χ4v) is 4.95. The lowest BCUT2D eigenvalue weighted by atomic mass is 10.2. The highest BCUT2D eigenvalue weighted by Gasteiger charge is 2.25. The van der Waals surface area contributed by atoms with Gasteiger partial charge in [-0.3, -0.25) is 4.79 Å². The fraction of sp³-hybridized carbons (Fsp3) is 0.182. The van der Waals surface area contributed by atoms with E-state index in [1.165, 1.54) is 12.3 Å². The van der Waals surface area contributed by atoms with Crippen molar-refractivity contribution in [1.29, 1.82) is 0 Å². The van der Waals surface area contributed by atoms with Crippen LogP contribution in [0, 0.1) is 18.6 Å². The first-order valence-electron chi connectivity index (χ1n) is 9.41. The third-order valence-corrected chi connectivity index (χ3v) is 6.55. The molecule has 0 aliphatic heterocycles. The molecule has 4 aromatic rings. The molecule has 0 spiro atoms. The van der Waals surface area contributed by atoms with E-state index in [-0.39, 0.29) is 23.4 Å². The lowest BCUT2D eigenvalue weighted by Crippen LogP contribution is -2.18. The Morgan fingerprint density at radius 3 is 2.61 bits per heavy atom. The average Bonchev–Trinajstić information content (AvgIpc) is 3.27. The Hall–Kier alpha value is -3.33. The van der Waals surface area contributed by atoms with Gasteiger partial charge in [0.05, 0.1) is 23.6 Å². The van der Waals surface area contributed by atoms with Crippen LogP contribution in [-0.4, -0.2) is 29.7 Å². The lowest BCUT2D eigenvalue weighted by Gasteiger charge is -2.06. The number of carbonyl (C=O) groups excluding carboxylic acids is 1. The predicted molar refractivity (Wildman–Crippen MR) is 109 cm³/mol. The molecule has 0 amide bonds. The molecular formula is C22H18F2N2O4S. The molecule has 2 aromatic carbocycles. The van der Waals surface area contributed by atoms with Crippen molar-refractivity contribution in [1.82, 2.24) is 9.72 Å². The Labute approximate surface area is 177 Å². The van der Waals surface area contributed by atoms with Crippen LogP contribution in [0.2, 0.25) is 0 Å². The van der Waals surface area contributed by atoms with Crippen LogP contribution >= 0.6 is 0 Å². The summed E-state index contributed by atoms with van der Waals surface area (Å²) in [4.78, 5) is 12.4. The first kappa shape index (κ1) is 20.9. The van der Waals surface area contributed by atoms with E-state index in [4.69, 9.17) is 4.52 Å². The molecule has 0 N–H and O–H groups in total. The van der Waals surface area contributed by atoms with Crippen LogP contribution in [0.5, 0.6) is 0 Å². The van der Waals surface area contributed by atoms with Crippen LogP contribution in [-0.2, 0) is 27.6 Å². The van der Waals surface area contributed by atoms with Gasteiger partial charge in [-0.25, -0.2) is 17.2 Å². The first-order chi connectivity index (χ1) is 14.7. The minimum absolute atomic E-state index is 0.00824. The van der Waals surface area contributed by atoms with E-state index in [9.17, 15) is 22.0 Å². The van der Waals surface area contributed by atoms with Gasteiger partial charge in [0.1, 0.15) is 23.1 Å². The van der Waals surface area contributed by atoms with Crippen LogP contribution in [0.3, 0.4) is 0 Å². The van der Waals surface area contributed by atoms with Gasteiger partial charge in [0.2, 0.25) is 0 Å². The molecule has 2 heterocycles. The van der Waals surface area contributed by atoms with Gasteiger partial charge in [-0.2, -0.15) is 0 Å². The number of para-hydroxylation sites is 1. The molecule has 0 aliphatic carbocycles. The number of aryl methyl sites for hydroxylation is 1. The zero-order valence-electron chi connectivity index (χ0n) is 16.5. The largest absolute Gasteiger partial charge is 0.361 e. The van der Waals surface area contributed by atoms with Gasteiger partial charge >= 0.3 is 0 Å². The topological polar surface area (TPSA) is 82.2 Å². The maximum atomic E-state index is 14.1. The zero-order valence-corrected chi connectivity index (χ0v) is 17.3. The highest BCUT2D eigenvalue weighted by atomic mass is 32.2. The smallest absolute Gasteiger partial charge is 0.187 e. The van der Waals surface area contributed by atoms with Crippen molar-refractivity contribution >= 4 is 26.5 Å². The number of Topliss-reactive ketones (excluding diaryl/α,β-unsaturated/α-hetero) is 1. The van der Waals surface area contributed by atoms with Crippen LogP contribution in [0.4, 0.5) is 8.78 Å². The van der Waals surface area contributed by atoms with Crippen molar-refractivity contribution in [3.05, 3.63) is 83.4 Å². The second kappa shape index (κ2) is 8.07. The Bertz CT molecular complexity index is 1390. The summed E-state index contributed by atoms with van der Waals surface area (Å²) in [5.74, 6) is -2.10. The summed E-state index contributed by atoms with van der Waals surface area (Å²) in [6.07, 6.45) is 1.23. The van der Waals surface area contributed by atoms with Crippen molar-refractivity contribution in [2.75, 3.05) is 5.75 Å². The number of ketones is 1. The molecule has 4 rings (SSSR count). The molecule has 0 aliphatic rings. The van der Waals surface area contributed by atoms with E-state index in [2.05, 4.69) is 5.16 Å². The monoisotopic (exact) mass is 444 g/mol. The summed E-state index contributed by atoms with van der Waals surface area (Å²) in [6.45, 7) is 1.69. The quantitative estimate of drug-likeness (QED) is 0.433.